The molecule has 4 nitrogen and oxygen atoms in total. The number of aryl methyl sites for hydroxylation is 1. The molecule has 0 saturated heterocycles. The van der Waals surface area contributed by atoms with Crippen molar-refractivity contribution in [3.63, 3.8) is 0 Å². The largest absolute Gasteiger partial charge is 0.348 e. The van der Waals surface area contributed by atoms with Gasteiger partial charge in [0.25, 0.3) is 0 Å². The molecule has 0 amide bonds. The molecule has 0 spiro atoms. The summed E-state index contributed by atoms with van der Waals surface area (Å²) in [6.07, 6.45) is 2.32. The maximum Gasteiger partial charge on any atom is 0.211 e. The van der Waals surface area contributed by atoms with E-state index in [1.54, 1.807) is 0 Å². The SMILES string of the molecule is CCCCS(=O)(=O)NCCc1c(C)n(C)c2ccccc12. The second-order valence-corrected chi connectivity index (χ2v) is 7.38. The van der Waals surface area contributed by atoms with Gasteiger partial charge in [-0.15, -0.1) is 0 Å². The molecule has 0 bridgehead atoms. The van der Waals surface area contributed by atoms with Gasteiger partial charge >= 0.3 is 0 Å². The molecule has 0 fully saturated rings. The Balaban J connectivity index is 2.09. The highest BCUT2D eigenvalue weighted by molar-refractivity contribution is 7.89. The maximum atomic E-state index is 11.8. The lowest BCUT2D eigenvalue weighted by molar-refractivity contribution is 0.578. The van der Waals surface area contributed by atoms with Gasteiger partial charge in [-0.3, -0.25) is 0 Å². The molecular formula is C16H24N2O2S. The van der Waals surface area contributed by atoms with Crippen molar-refractivity contribution in [2.45, 2.75) is 33.1 Å². The molecule has 0 aliphatic rings. The summed E-state index contributed by atoms with van der Waals surface area (Å²) in [6.45, 7) is 4.54. The molecule has 0 atom stereocenters. The standard InChI is InChI=1S/C16H24N2O2S/c1-4-5-12-21(19,20)17-11-10-14-13(2)18(3)16-9-7-6-8-15(14)16/h6-9,17H,4-5,10-12H2,1-3H3. The van der Waals surface area contributed by atoms with E-state index in [9.17, 15) is 8.42 Å². The van der Waals surface area contributed by atoms with Gasteiger partial charge in [0.05, 0.1) is 5.75 Å². The van der Waals surface area contributed by atoms with Crippen LogP contribution >= 0.6 is 0 Å². The van der Waals surface area contributed by atoms with E-state index < -0.39 is 10.0 Å². The number of sulfonamides is 1. The second kappa shape index (κ2) is 6.62. The number of rotatable bonds is 7. The van der Waals surface area contributed by atoms with E-state index in [1.807, 2.05) is 26.1 Å². The highest BCUT2D eigenvalue weighted by Crippen LogP contribution is 2.24. The lowest BCUT2D eigenvalue weighted by Crippen LogP contribution is -2.28. The van der Waals surface area contributed by atoms with Crippen LogP contribution in [0.25, 0.3) is 10.9 Å². The van der Waals surface area contributed by atoms with Gasteiger partial charge in [0, 0.05) is 30.2 Å². The predicted octanol–water partition coefficient (Wildman–Crippen LogP) is 2.75. The van der Waals surface area contributed by atoms with Crippen molar-refractivity contribution >= 4 is 20.9 Å². The summed E-state index contributed by atoms with van der Waals surface area (Å²) >= 11 is 0. The summed E-state index contributed by atoms with van der Waals surface area (Å²) in [4.78, 5) is 0. The van der Waals surface area contributed by atoms with Crippen LogP contribution in [0.2, 0.25) is 0 Å². The first-order valence-corrected chi connectivity index (χ1v) is 9.11. The minimum Gasteiger partial charge on any atom is -0.348 e. The molecule has 0 aliphatic heterocycles. The quantitative estimate of drug-likeness (QED) is 0.855. The number of aromatic nitrogens is 1. The normalized spacial score (nSPS) is 12.1. The lowest BCUT2D eigenvalue weighted by atomic mass is 10.1. The zero-order chi connectivity index (χ0) is 15.5. The number of fused-ring (bicyclic) bond motifs is 1. The Hall–Kier alpha value is -1.33. The number of para-hydroxylation sites is 1. The predicted molar refractivity (Wildman–Crippen MR) is 88.1 cm³/mol. The maximum absolute atomic E-state index is 11.8. The third-order valence-corrected chi connectivity index (χ3v) is 5.46. The van der Waals surface area contributed by atoms with Gasteiger partial charge in [-0.05, 0) is 31.4 Å². The first-order chi connectivity index (χ1) is 9.96. The minimum atomic E-state index is -3.13. The summed E-state index contributed by atoms with van der Waals surface area (Å²) in [5.41, 5.74) is 3.62. The summed E-state index contributed by atoms with van der Waals surface area (Å²) in [5, 5.41) is 1.21. The van der Waals surface area contributed by atoms with Gasteiger partial charge in [-0.25, -0.2) is 13.1 Å². The molecule has 1 N–H and O–H groups in total. The molecular weight excluding hydrogens is 284 g/mol. The molecule has 2 rings (SSSR count). The van der Waals surface area contributed by atoms with E-state index in [-0.39, 0.29) is 5.75 Å². The average Bonchev–Trinajstić information content (AvgIpc) is 2.71. The fraction of sp³-hybridized carbons (Fsp3) is 0.500. The van der Waals surface area contributed by atoms with E-state index in [0.717, 1.165) is 12.8 Å². The van der Waals surface area contributed by atoms with Crippen molar-refractivity contribution in [3.8, 4) is 0 Å². The Morgan fingerprint density at radius 2 is 1.95 bits per heavy atom. The Morgan fingerprint density at radius 3 is 2.67 bits per heavy atom. The fourth-order valence-electron chi connectivity index (χ4n) is 2.65. The summed E-state index contributed by atoms with van der Waals surface area (Å²) in [7, 11) is -1.08. The summed E-state index contributed by atoms with van der Waals surface area (Å²) in [6, 6.07) is 8.25. The van der Waals surface area contributed by atoms with Gasteiger partial charge in [-0.2, -0.15) is 0 Å². The Kier molecular flexibility index (Phi) is 5.06. The van der Waals surface area contributed by atoms with E-state index >= 15 is 0 Å². The highest BCUT2D eigenvalue weighted by atomic mass is 32.2. The summed E-state index contributed by atoms with van der Waals surface area (Å²) < 4.78 is 28.5. The van der Waals surface area contributed by atoms with Crippen LogP contribution in [-0.4, -0.2) is 25.3 Å². The van der Waals surface area contributed by atoms with Crippen LogP contribution in [0.15, 0.2) is 24.3 Å². The zero-order valence-electron chi connectivity index (χ0n) is 13.0. The van der Waals surface area contributed by atoms with Crippen molar-refractivity contribution in [1.82, 2.24) is 9.29 Å². The van der Waals surface area contributed by atoms with Crippen LogP contribution in [0.1, 0.15) is 31.0 Å². The average molecular weight is 308 g/mol. The number of nitrogens with one attached hydrogen (secondary N) is 1. The molecule has 0 saturated carbocycles. The van der Waals surface area contributed by atoms with Gasteiger partial charge < -0.3 is 4.57 Å². The van der Waals surface area contributed by atoms with Crippen molar-refractivity contribution in [2.75, 3.05) is 12.3 Å². The molecule has 2 aromatic rings. The van der Waals surface area contributed by atoms with E-state index in [4.69, 9.17) is 0 Å². The number of hydrogen-bond acceptors (Lipinski definition) is 2. The number of benzene rings is 1. The molecule has 0 aliphatic carbocycles. The van der Waals surface area contributed by atoms with Crippen molar-refractivity contribution in [2.24, 2.45) is 7.05 Å². The topological polar surface area (TPSA) is 51.1 Å². The van der Waals surface area contributed by atoms with Crippen LogP contribution in [0.3, 0.4) is 0 Å². The number of unbranched alkanes of at least 4 members (excludes halogenated alkanes) is 1. The van der Waals surface area contributed by atoms with Crippen molar-refractivity contribution in [3.05, 3.63) is 35.5 Å². The van der Waals surface area contributed by atoms with Gasteiger partial charge in [0.1, 0.15) is 0 Å². The lowest BCUT2D eigenvalue weighted by Gasteiger charge is -2.07. The highest BCUT2D eigenvalue weighted by Gasteiger charge is 2.13. The van der Waals surface area contributed by atoms with E-state index in [0.29, 0.717) is 13.0 Å². The van der Waals surface area contributed by atoms with Crippen LogP contribution in [0.5, 0.6) is 0 Å². The smallest absolute Gasteiger partial charge is 0.211 e. The van der Waals surface area contributed by atoms with Crippen LogP contribution in [0.4, 0.5) is 0 Å². The van der Waals surface area contributed by atoms with Gasteiger partial charge in [-0.1, -0.05) is 31.5 Å². The molecule has 0 unspecified atom stereocenters. The van der Waals surface area contributed by atoms with Gasteiger partial charge in [0.2, 0.25) is 10.0 Å². The third-order valence-electron chi connectivity index (χ3n) is 3.99. The van der Waals surface area contributed by atoms with Crippen LogP contribution < -0.4 is 4.72 Å². The Bertz CT molecular complexity index is 717. The Labute approximate surface area is 127 Å². The first-order valence-electron chi connectivity index (χ1n) is 7.46. The van der Waals surface area contributed by atoms with Gasteiger partial charge in [0.15, 0.2) is 0 Å². The molecule has 5 heteroatoms. The summed E-state index contributed by atoms with van der Waals surface area (Å²) in [5.74, 6) is 0.220. The van der Waals surface area contributed by atoms with Crippen molar-refractivity contribution < 1.29 is 8.42 Å². The molecule has 1 aromatic heterocycles. The molecule has 0 radical (unpaired) electrons. The minimum absolute atomic E-state index is 0.220. The zero-order valence-corrected chi connectivity index (χ0v) is 13.8. The number of nitrogens with zero attached hydrogens (tertiary/aromatic N) is 1. The fourth-order valence-corrected chi connectivity index (χ4v) is 3.88. The van der Waals surface area contributed by atoms with Crippen molar-refractivity contribution in [1.29, 1.82) is 0 Å². The monoisotopic (exact) mass is 308 g/mol. The molecule has 116 valence electrons. The third kappa shape index (κ3) is 3.66. The van der Waals surface area contributed by atoms with Crippen LogP contribution in [-0.2, 0) is 23.5 Å². The van der Waals surface area contributed by atoms with Crippen LogP contribution in [0, 0.1) is 6.92 Å². The molecule has 1 heterocycles. The first kappa shape index (κ1) is 16.0. The molecule has 1 aromatic carbocycles. The van der Waals surface area contributed by atoms with E-state index in [2.05, 4.69) is 28.3 Å². The van der Waals surface area contributed by atoms with E-state index in [1.165, 1.54) is 22.2 Å². The molecule has 21 heavy (non-hydrogen) atoms. The Morgan fingerprint density at radius 1 is 1.24 bits per heavy atom. The second-order valence-electron chi connectivity index (χ2n) is 5.46. The number of hydrogen-bond donors (Lipinski definition) is 1.